The molecule has 358 valence electrons. The van der Waals surface area contributed by atoms with E-state index in [4.69, 9.17) is 36.6 Å². The van der Waals surface area contributed by atoms with E-state index >= 15 is 0 Å². The molecule has 0 saturated heterocycles. The fourth-order valence-corrected chi connectivity index (χ4v) is 9.39. The lowest BCUT2D eigenvalue weighted by molar-refractivity contribution is -0.434. The molecular weight excluding hydrogens is 1000 g/mol. The van der Waals surface area contributed by atoms with Crippen LogP contribution in [-0.4, -0.2) is 64.9 Å². The Hall–Kier alpha value is -6.59. The van der Waals surface area contributed by atoms with E-state index in [0.29, 0.717) is 34.9 Å². The molecule has 31 heteroatoms. The van der Waals surface area contributed by atoms with Crippen LogP contribution in [-0.2, 0) is 52.9 Å². The number of benzene rings is 6. The summed E-state index contributed by atoms with van der Waals surface area (Å²) in [5.74, 6) is -1.04. The number of hydrogen-bond acceptors (Lipinski definition) is 26. The number of methoxy groups -OCH3 is 1. The first kappa shape index (κ1) is 50.8. The van der Waals surface area contributed by atoms with Crippen molar-refractivity contribution in [2.75, 3.05) is 41.4 Å². The number of rotatable bonds is 21. The molecule has 0 unspecified atom stereocenters. The fourth-order valence-electron chi connectivity index (χ4n) is 5.75. The molecule has 0 aromatic heterocycles. The van der Waals surface area contributed by atoms with E-state index < -0.39 is 52.1 Å². The number of nitrogens with zero attached hydrogens (tertiary/aromatic N) is 6. The molecule has 6 rings (SSSR count). The molecule has 11 N–H and O–H groups in total. The van der Waals surface area contributed by atoms with E-state index in [-0.39, 0.29) is 78.5 Å². The molecule has 0 aliphatic carbocycles. The van der Waals surface area contributed by atoms with Gasteiger partial charge in [-0.05, 0) is 91.0 Å². The van der Waals surface area contributed by atoms with Gasteiger partial charge in [-0.25, -0.2) is 27.4 Å². The molecule has 6 aromatic carbocycles. The van der Waals surface area contributed by atoms with Crippen molar-refractivity contribution in [2.24, 2.45) is 30.7 Å². The van der Waals surface area contributed by atoms with Gasteiger partial charge in [-0.3, -0.25) is 13.5 Å². The van der Waals surface area contributed by atoms with E-state index in [1.54, 1.807) is 0 Å². The van der Waals surface area contributed by atoms with Crippen LogP contribution >= 0.6 is 24.4 Å². The third-order valence-corrected chi connectivity index (χ3v) is 13.9. The van der Waals surface area contributed by atoms with E-state index in [1.807, 2.05) is 0 Å². The van der Waals surface area contributed by atoms with Crippen LogP contribution in [0, 0.1) is 0 Å². The lowest BCUT2D eigenvalue weighted by Crippen LogP contribution is -2.12. The Balaban J connectivity index is 1.24. The highest BCUT2D eigenvalue weighted by molar-refractivity contribution is 7.95. The second-order valence-corrected chi connectivity index (χ2v) is 19.7. The summed E-state index contributed by atoms with van der Waals surface area (Å²) in [6.07, 6.45) is 0. The topological polar surface area (TPSA) is 403 Å². The Morgan fingerprint density at radius 1 is 0.676 bits per heavy atom. The number of sulfonamides is 1. The second kappa shape index (κ2) is 22.0. The number of phenols is 1. The van der Waals surface area contributed by atoms with Gasteiger partial charge in [0.15, 0.2) is 27.9 Å². The van der Waals surface area contributed by atoms with Gasteiger partial charge in [0.05, 0.1) is 80.8 Å². The van der Waals surface area contributed by atoms with Crippen molar-refractivity contribution < 1.29 is 73.1 Å². The van der Waals surface area contributed by atoms with Crippen LogP contribution in [0.1, 0.15) is 0 Å². The Morgan fingerprint density at radius 3 is 1.84 bits per heavy atom. The van der Waals surface area contributed by atoms with Crippen LogP contribution in [0.4, 0.5) is 56.9 Å². The van der Waals surface area contributed by atoms with Crippen molar-refractivity contribution in [3.05, 3.63) is 97.1 Å². The predicted octanol–water partition coefficient (Wildman–Crippen LogP) is 8.80. The molecule has 6 aromatic rings. The van der Waals surface area contributed by atoms with Crippen molar-refractivity contribution in [3.63, 3.8) is 0 Å². The molecule has 26 nitrogen and oxygen atoms in total. The molecule has 0 aliphatic heterocycles. The summed E-state index contributed by atoms with van der Waals surface area (Å²) in [7, 11) is -11.7. The first-order valence-electron chi connectivity index (χ1n) is 18.4. The van der Waals surface area contributed by atoms with Crippen LogP contribution in [0.25, 0.3) is 10.8 Å². The number of nitrogens with two attached hydrogens (primary N) is 3. The second-order valence-electron chi connectivity index (χ2n) is 13.2. The molecule has 0 saturated carbocycles. The van der Waals surface area contributed by atoms with E-state index in [1.165, 1.54) is 98.1 Å². The van der Waals surface area contributed by atoms with Crippen molar-refractivity contribution in [1.29, 1.82) is 0 Å². The summed E-state index contributed by atoms with van der Waals surface area (Å²) < 4.78 is 108. The highest BCUT2D eigenvalue weighted by atomic mass is 32.2. The van der Waals surface area contributed by atoms with Gasteiger partial charge in [0, 0.05) is 22.0 Å². The zero-order chi connectivity index (χ0) is 49.2. The number of azo groups is 3. The van der Waals surface area contributed by atoms with E-state index in [9.17, 15) is 34.9 Å². The normalized spacial score (nSPS) is 12.5. The molecule has 0 radical (unpaired) electrons. The zero-order valence-corrected chi connectivity index (χ0v) is 38.4. The molecule has 0 atom stereocenters. The highest BCUT2D eigenvalue weighted by Gasteiger charge is 2.26. The Morgan fingerprint density at radius 2 is 1.25 bits per heavy atom. The summed E-state index contributed by atoms with van der Waals surface area (Å²) in [4.78, 5) is -1.35. The van der Waals surface area contributed by atoms with Gasteiger partial charge >= 0.3 is 0 Å². The number of sulfone groups is 1. The van der Waals surface area contributed by atoms with Crippen LogP contribution in [0.5, 0.6) is 11.5 Å². The summed E-state index contributed by atoms with van der Waals surface area (Å²) in [6, 6.07) is 20.9. The minimum atomic E-state index is -5.17. The Labute approximate surface area is 393 Å². The minimum absolute atomic E-state index is 0.0343. The minimum Gasteiger partial charge on any atom is -0.505 e. The molecular formula is C37H34N10O16S5. The van der Waals surface area contributed by atoms with Crippen LogP contribution in [0.3, 0.4) is 0 Å². The Bertz CT molecular complexity index is 3240. The average Bonchev–Trinajstić information content (AvgIpc) is 3.30. The Kier molecular flexibility index (Phi) is 16.5. The largest absolute Gasteiger partial charge is 0.505 e. The summed E-state index contributed by atoms with van der Waals surface area (Å²) in [6.45, 7) is -0.319. The van der Waals surface area contributed by atoms with Gasteiger partial charge in [0.2, 0.25) is 0 Å². The number of fused-ring (bicyclic) bond motifs is 1. The molecule has 0 fully saturated rings. The van der Waals surface area contributed by atoms with Crippen LogP contribution in [0.15, 0.2) is 147 Å². The third kappa shape index (κ3) is 12.5. The molecule has 68 heavy (non-hydrogen) atoms. The smallest absolute Gasteiger partial charge is 0.296 e. The zero-order valence-electron chi connectivity index (χ0n) is 34.3. The maximum Gasteiger partial charge on any atom is 0.296 e. The summed E-state index contributed by atoms with van der Waals surface area (Å²) >= 11 is 0.528. The maximum absolute atomic E-state index is 13.3. The molecule has 0 aliphatic rings. The van der Waals surface area contributed by atoms with Crippen molar-refractivity contribution in [1.82, 2.24) is 0 Å². The molecule has 0 bridgehead atoms. The number of ether oxygens (including phenoxy) is 1. The first-order chi connectivity index (χ1) is 32.3. The molecule has 0 amide bonds. The maximum atomic E-state index is 13.3. The third-order valence-electron chi connectivity index (χ3n) is 8.94. The van der Waals surface area contributed by atoms with Gasteiger partial charge in [-0.15, -0.1) is 24.0 Å². The van der Waals surface area contributed by atoms with Gasteiger partial charge in [-0.2, -0.15) is 23.8 Å². The number of nitrogen functional groups attached to an aromatic ring is 3. The van der Waals surface area contributed by atoms with E-state index in [2.05, 4.69) is 54.2 Å². The number of aromatic hydroxyl groups is 1. The number of anilines is 4. The van der Waals surface area contributed by atoms with Crippen molar-refractivity contribution in [2.45, 2.75) is 19.6 Å². The van der Waals surface area contributed by atoms with Gasteiger partial charge < -0.3 is 27.0 Å². The van der Waals surface area contributed by atoms with Crippen LogP contribution < -0.4 is 26.7 Å². The van der Waals surface area contributed by atoms with Crippen molar-refractivity contribution in [3.8, 4) is 11.5 Å². The average molecular weight is 1040 g/mol. The summed E-state index contributed by atoms with van der Waals surface area (Å²) in [5, 5.41) is 59.2. The highest BCUT2D eigenvalue weighted by Crippen LogP contribution is 2.49. The van der Waals surface area contributed by atoms with Gasteiger partial charge in [-0.1, -0.05) is 10.1 Å². The number of hydrogen-bond donors (Lipinski definition) is 8. The summed E-state index contributed by atoms with van der Waals surface area (Å²) in [5.41, 5.74) is 18.5. The lowest BCUT2D eigenvalue weighted by Gasteiger charge is -2.14. The van der Waals surface area contributed by atoms with Gasteiger partial charge in [0.1, 0.15) is 27.7 Å². The number of phenolic OH excluding ortho intramolecular Hbond substituents is 1. The SMILES string of the molecule is COc1cc(/N=N/c2ccc(NS(=O)(=O)c3ccc(/N=N/c4c(S(=O)(=O)O)cc5c(SOOO)cc(/N=N/c6ccc(S(=O)(=O)CCOSOOO)cc6)c(N)c5c4O)cc3)cc2)c(N)cc1N. The monoisotopic (exact) mass is 1030 g/mol. The first-order valence-corrected chi connectivity index (χ1v) is 24.4. The molecule has 0 spiro atoms. The van der Waals surface area contributed by atoms with Crippen LogP contribution in [0.2, 0.25) is 0 Å². The molecule has 0 heterocycles. The quantitative estimate of drug-likeness (QED) is 0.00634. The standard InChI is InChI=1S/C37H34N10O16S5/c1-58-31-18-29(27(38)17-28(31)39)44-41-20-2-4-23(5-3-20)47-67(53,54)25-12-8-22(9-13-25)43-46-36-33(68(55,56)57)16-26-32(64-62-60-49)19-30(35(40)34(26)37(36)48)45-42-21-6-10-24(11-7-21)66(51,52)15-14-59-65-63-61-50/h2-13,16-19,47-50H,14-15,38-40H2,1H3,(H,55,56,57)/b44-41+,45-42+,46-43+. The van der Waals surface area contributed by atoms with Gasteiger partial charge in [0.25, 0.3) is 20.1 Å². The lowest BCUT2D eigenvalue weighted by atomic mass is 10.0. The van der Waals surface area contributed by atoms with E-state index in [0.717, 1.165) is 6.07 Å². The predicted molar refractivity (Wildman–Crippen MR) is 245 cm³/mol. The van der Waals surface area contributed by atoms with Crippen molar-refractivity contribution >= 4 is 122 Å². The number of nitrogens with one attached hydrogen (secondary N) is 1. The fraction of sp³-hybridized carbons (Fsp3) is 0.0811.